The fourth-order valence-corrected chi connectivity index (χ4v) is 4.48. The quantitative estimate of drug-likeness (QED) is 0.339. The normalized spacial score (nSPS) is 11.4. The van der Waals surface area contributed by atoms with E-state index in [0.29, 0.717) is 17.1 Å². The van der Waals surface area contributed by atoms with Crippen LogP contribution >= 0.6 is 27.5 Å². The van der Waals surface area contributed by atoms with Gasteiger partial charge in [-0.25, -0.2) is 8.42 Å². The summed E-state index contributed by atoms with van der Waals surface area (Å²) < 4.78 is 33.2. The first-order valence-electron chi connectivity index (χ1n) is 8.99. The zero-order valence-electron chi connectivity index (χ0n) is 15.5. The monoisotopic (exact) mass is 502 g/mol. The number of hydrogen-bond donors (Lipinski definition) is 1. The van der Waals surface area contributed by atoms with Crippen molar-refractivity contribution in [3.8, 4) is 11.5 Å². The first kappa shape index (κ1) is 20.7. The van der Waals surface area contributed by atoms with Crippen molar-refractivity contribution in [2.75, 3.05) is 5.32 Å². The minimum atomic E-state index is -3.89. The second-order valence-electron chi connectivity index (χ2n) is 6.46. The summed E-state index contributed by atoms with van der Waals surface area (Å²) in [5.74, 6) is 0.316. The van der Waals surface area contributed by atoms with Gasteiger partial charge in [-0.15, -0.1) is 0 Å². The molecule has 1 aromatic heterocycles. The van der Waals surface area contributed by atoms with E-state index >= 15 is 0 Å². The SMILES string of the molecule is O=S(=O)(c1ccc(Br)cc1)c1nc(-c2ccccc2)oc1NCc1ccc(Cl)cc1. The largest absolute Gasteiger partial charge is 0.419 e. The van der Waals surface area contributed by atoms with Gasteiger partial charge in [0.1, 0.15) is 0 Å². The Morgan fingerprint density at radius 3 is 2.27 bits per heavy atom. The van der Waals surface area contributed by atoms with E-state index < -0.39 is 9.84 Å². The fourth-order valence-electron chi connectivity index (χ4n) is 2.81. The standard InChI is InChI=1S/C22H16BrClN2O3S/c23-17-8-12-19(13-9-17)30(27,28)22-21(25-14-15-6-10-18(24)11-7-15)29-20(26-22)16-4-2-1-3-5-16/h1-13,25H,14H2. The molecule has 0 spiro atoms. The maximum atomic E-state index is 13.3. The summed E-state index contributed by atoms with van der Waals surface area (Å²) in [6.07, 6.45) is 0. The summed E-state index contributed by atoms with van der Waals surface area (Å²) in [5, 5.41) is 3.54. The average molecular weight is 504 g/mol. The summed E-state index contributed by atoms with van der Waals surface area (Å²) >= 11 is 9.26. The number of nitrogens with one attached hydrogen (secondary N) is 1. The van der Waals surface area contributed by atoms with E-state index in [-0.39, 0.29) is 21.7 Å². The van der Waals surface area contributed by atoms with Crippen molar-refractivity contribution in [3.05, 3.63) is 93.9 Å². The number of oxazole rings is 1. The van der Waals surface area contributed by atoms with Gasteiger partial charge in [0.15, 0.2) is 0 Å². The molecule has 0 saturated heterocycles. The minimum Gasteiger partial charge on any atom is -0.419 e. The highest BCUT2D eigenvalue weighted by molar-refractivity contribution is 9.10. The molecular formula is C22H16BrClN2O3S. The number of anilines is 1. The van der Waals surface area contributed by atoms with Gasteiger partial charge in [0.2, 0.25) is 26.6 Å². The number of nitrogens with zero attached hydrogens (tertiary/aromatic N) is 1. The molecule has 0 radical (unpaired) electrons. The molecule has 4 aromatic rings. The van der Waals surface area contributed by atoms with E-state index in [1.165, 1.54) is 12.1 Å². The van der Waals surface area contributed by atoms with Gasteiger partial charge in [-0.3, -0.25) is 0 Å². The topological polar surface area (TPSA) is 72.2 Å². The third-order valence-electron chi connectivity index (χ3n) is 4.36. The van der Waals surface area contributed by atoms with E-state index in [1.807, 2.05) is 42.5 Å². The van der Waals surface area contributed by atoms with Crippen LogP contribution in [-0.2, 0) is 16.4 Å². The lowest BCUT2D eigenvalue weighted by atomic mass is 10.2. The van der Waals surface area contributed by atoms with Crippen molar-refractivity contribution in [2.45, 2.75) is 16.5 Å². The van der Waals surface area contributed by atoms with Crippen LogP contribution in [0.25, 0.3) is 11.5 Å². The molecule has 0 bridgehead atoms. The molecule has 5 nitrogen and oxygen atoms in total. The van der Waals surface area contributed by atoms with Crippen molar-refractivity contribution < 1.29 is 12.8 Å². The van der Waals surface area contributed by atoms with Crippen LogP contribution in [0.15, 0.2) is 97.7 Å². The van der Waals surface area contributed by atoms with E-state index in [0.717, 1.165) is 10.0 Å². The van der Waals surface area contributed by atoms with Gasteiger partial charge >= 0.3 is 0 Å². The summed E-state index contributed by atoms with van der Waals surface area (Å²) in [6, 6.07) is 22.8. The average Bonchev–Trinajstić information content (AvgIpc) is 3.20. The molecule has 0 atom stereocenters. The van der Waals surface area contributed by atoms with Crippen molar-refractivity contribution in [1.29, 1.82) is 0 Å². The molecule has 0 saturated carbocycles. The summed E-state index contributed by atoms with van der Waals surface area (Å²) in [5.41, 5.74) is 1.60. The molecule has 152 valence electrons. The van der Waals surface area contributed by atoms with Crippen LogP contribution in [0.1, 0.15) is 5.56 Å². The Bertz CT molecular complexity index is 1260. The van der Waals surface area contributed by atoms with Crippen LogP contribution < -0.4 is 5.32 Å². The van der Waals surface area contributed by atoms with Gasteiger partial charge in [-0.1, -0.05) is 57.9 Å². The Morgan fingerprint density at radius 2 is 1.60 bits per heavy atom. The Balaban J connectivity index is 1.74. The van der Waals surface area contributed by atoms with Crippen LogP contribution in [-0.4, -0.2) is 13.4 Å². The van der Waals surface area contributed by atoms with Crippen LogP contribution in [0.5, 0.6) is 0 Å². The third-order valence-corrected chi connectivity index (χ3v) is 6.82. The Kier molecular flexibility index (Phi) is 5.94. The van der Waals surface area contributed by atoms with Gasteiger partial charge in [-0.05, 0) is 54.1 Å². The number of sulfone groups is 1. The summed E-state index contributed by atoms with van der Waals surface area (Å²) in [6.45, 7) is 0.351. The zero-order valence-corrected chi connectivity index (χ0v) is 18.7. The van der Waals surface area contributed by atoms with E-state index in [4.69, 9.17) is 16.0 Å². The Hall–Kier alpha value is -2.61. The molecule has 0 unspecified atom stereocenters. The van der Waals surface area contributed by atoms with Crippen LogP contribution in [0, 0.1) is 0 Å². The highest BCUT2D eigenvalue weighted by Crippen LogP contribution is 2.33. The predicted molar refractivity (Wildman–Crippen MR) is 120 cm³/mol. The number of benzene rings is 3. The maximum absolute atomic E-state index is 13.3. The molecule has 0 aliphatic heterocycles. The second kappa shape index (κ2) is 8.63. The lowest BCUT2D eigenvalue weighted by Crippen LogP contribution is -2.07. The van der Waals surface area contributed by atoms with E-state index in [9.17, 15) is 8.42 Å². The Morgan fingerprint density at radius 1 is 0.933 bits per heavy atom. The fraction of sp³-hybridized carbons (Fsp3) is 0.0455. The molecule has 3 aromatic carbocycles. The molecule has 1 N–H and O–H groups in total. The molecule has 8 heteroatoms. The van der Waals surface area contributed by atoms with Gasteiger partial charge in [0, 0.05) is 21.6 Å². The van der Waals surface area contributed by atoms with Gasteiger partial charge in [0.25, 0.3) is 0 Å². The molecule has 0 aliphatic rings. The van der Waals surface area contributed by atoms with Crippen molar-refractivity contribution >= 4 is 43.3 Å². The number of halogens is 2. The predicted octanol–water partition coefficient (Wildman–Crippen LogP) is 6.20. The zero-order chi connectivity index (χ0) is 21.1. The van der Waals surface area contributed by atoms with Crippen LogP contribution in [0.2, 0.25) is 5.02 Å². The Labute approximate surface area is 187 Å². The smallest absolute Gasteiger partial charge is 0.234 e. The lowest BCUT2D eigenvalue weighted by Gasteiger charge is -2.06. The van der Waals surface area contributed by atoms with E-state index in [1.54, 1.807) is 24.3 Å². The molecule has 1 heterocycles. The van der Waals surface area contributed by atoms with E-state index in [2.05, 4.69) is 26.2 Å². The van der Waals surface area contributed by atoms with Crippen molar-refractivity contribution in [3.63, 3.8) is 0 Å². The molecular weight excluding hydrogens is 488 g/mol. The number of rotatable bonds is 6. The lowest BCUT2D eigenvalue weighted by molar-refractivity contribution is 0.576. The summed E-state index contributed by atoms with van der Waals surface area (Å²) in [4.78, 5) is 4.46. The van der Waals surface area contributed by atoms with Gasteiger partial charge < -0.3 is 9.73 Å². The maximum Gasteiger partial charge on any atom is 0.234 e. The third kappa shape index (κ3) is 4.43. The first-order chi connectivity index (χ1) is 14.4. The molecule has 0 aliphatic carbocycles. The molecule has 30 heavy (non-hydrogen) atoms. The molecule has 4 rings (SSSR count). The van der Waals surface area contributed by atoms with Crippen LogP contribution in [0.3, 0.4) is 0 Å². The highest BCUT2D eigenvalue weighted by Gasteiger charge is 2.28. The minimum absolute atomic E-state index is 0.0896. The molecule has 0 fully saturated rings. The highest BCUT2D eigenvalue weighted by atomic mass is 79.9. The number of hydrogen-bond acceptors (Lipinski definition) is 5. The van der Waals surface area contributed by atoms with Crippen LogP contribution in [0.4, 0.5) is 5.88 Å². The first-order valence-corrected chi connectivity index (χ1v) is 11.6. The van der Waals surface area contributed by atoms with Crippen molar-refractivity contribution in [1.82, 2.24) is 4.98 Å². The molecule has 0 amide bonds. The summed E-state index contributed by atoms with van der Waals surface area (Å²) in [7, 11) is -3.89. The van der Waals surface area contributed by atoms with Crippen molar-refractivity contribution in [2.24, 2.45) is 0 Å². The number of aromatic nitrogens is 1. The van der Waals surface area contributed by atoms with Gasteiger partial charge in [-0.2, -0.15) is 4.98 Å². The second-order valence-corrected chi connectivity index (χ2v) is 9.67. The van der Waals surface area contributed by atoms with Gasteiger partial charge in [0.05, 0.1) is 4.90 Å².